The summed E-state index contributed by atoms with van der Waals surface area (Å²) in [5, 5.41) is 2.71. The number of pyridine rings is 1. The van der Waals surface area contributed by atoms with E-state index in [1.165, 1.54) is 0 Å². The number of alkyl halides is 3. The summed E-state index contributed by atoms with van der Waals surface area (Å²) in [6.45, 7) is 2.03. The number of ether oxygens (including phenoxy) is 2. The number of piperazine rings is 1. The molecule has 0 radical (unpaired) electrons. The van der Waals surface area contributed by atoms with E-state index in [-0.39, 0.29) is 23.4 Å². The third-order valence-electron chi connectivity index (χ3n) is 5.41. The molecule has 3 aliphatic heterocycles. The van der Waals surface area contributed by atoms with Crippen LogP contribution in [0.5, 0.6) is 11.5 Å². The number of halogens is 4. The smallest absolute Gasteiger partial charge is 0.417 e. The summed E-state index contributed by atoms with van der Waals surface area (Å²) in [7, 11) is 0. The molecule has 2 aromatic rings. The SMILES string of the molecule is O=C1NC(N2CCN(c3ncc(C(F)(F)F)cc3Cl)CC2)=N/C1=C/c1ccc2c(c1)OCO2. The highest BCUT2D eigenvalue weighted by molar-refractivity contribution is 6.33. The van der Waals surface area contributed by atoms with E-state index in [9.17, 15) is 18.0 Å². The molecule has 0 aliphatic carbocycles. The highest BCUT2D eigenvalue weighted by Gasteiger charge is 2.33. The molecule has 172 valence electrons. The van der Waals surface area contributed by atoms with E-state index in [1.807, 2.05) is 4.90 Å². The molecule has 12 heteroatoms. The number of carbonyl (C=O) groups is 1. The van der Waals surface area contributed by atoms with Crippen molar-refractivity contribution < 1.29 is 27.4 Å². The Bertz CT molecular complexity index is 1180. The fourth-order valence-corrected chi connectivity index (χ4v) is 4.00. The minimum atomic E-state index is -4.50. The largest absolute Gasteiger partial charge is 0.454 e. The molecule has 4 heterocycles. The van der Waals surface area contributed by atoms with E-state index in [2.05, 4.69) is 15.3 Å². The molecule has 0 unspecified atom stereocenters. The van der Waals surface area contributed by atoms with Gasteiger partial charge in [0.1, 0.15) is 11.5 Å². The predicted octanol–water partition coefficient (Wildman–Crippen LogP) is 3.13. The van der Waals surface area contributed by atoms with Gasteiger partial charge in [-0.2, -0.15) is 13.2 Å². The van der Waals surface area contributed by atoms with Crippen molar-refractivity contribution in [3.8, 4) is 11.5 Å². The first-order chi connectivity index (χ1) is 15.8. The van der Waals surface area contributed by atoms with Gasteiger partial charge < -0.3 is 19.3 Å². The Hall–Kier alpha value is -3.47. The Labute approximate surface area is 191 Å². The molecule has 1 amide bonds. The number of hydrogen-bond acceptors (Lipinski definition) is 7. The van der Waals surface area contributed by atoms with Crippen molar-refractivity contribution in [2.75, 3.05) is 37.9 Å². The topological polar surface area (TPSA) is 79.3 Å². The predicted molar refractivity (Wildman–Crippen MR) is 114 cm³/mol. The number of aliphatic imine (C=N–C) groups is 1. The second-order valence-corrected chi connectivity index (χ2v) is 7.94. The number of carbonyl (C=O) groups excluding carboxylic acids is 1. The first-order valence-corrected chi connectivity index (χ1v) is 10.4. The van der Waals surface area contributed by atoms with E-state index < -0.39 is 11.7 Å². The van der Waals surface area contributed by atoms with Gasteiger partial charge in [0.05, 0.1) is 10.6 Å². The van der Waals surface area contributed by atoms with Crippen LogP contribution in [-0.2, 0) is 11.0 Å². The van der Waals surface area contributed by atoms with Gasteiger partial charge in [0.2, 0.25) is 12.8 Å². The zero-order valence-electron chi connectivity index (χ0n) is 17.0. The maximum Gasteiger partial charge on any atom is 0.417 e. The Morgan fingerprint density at radius 3 is 2.52 bits per heavy atom. The van der Waals surface area contributed by atoms with Crippen LogP contribution in [-0.4, -0.2) is 54.7 Å². The summed E-state index contributed by atoms with van der Waals surface area (Å²) in [5.74, 6) is 1.66. The van der Waals surface area contributed by atoms with E-state index in [1.54, 1.807) is 29.2 Å². The zero-order chi connectivity index (χ0) is 23.2. The van der Waals surface area contributed by atoms with Crippen LogP contribution in [0.15, 0.2) is 41.2 Å². The average molecular weight is 480 g/mol. The number of fused-ring (bicyclic) bond motifs is 1. The summed E-state index contributed by atoms with van der Waals surface area (Å²) >= 11 is 6.06. The normalized spacial score (nSPS) is 19.2. The minimum Gasteiger partial charge on any atom is -0.454 e. The molecule has 5 rings (SSSR count). The van der Waals surface area contributed by atoms with Crippen LogP contribution in [0.3, 0.4) is 0 Å². The Kier molecular flexibility index (Phi) is 5.28. The Morgan fingerprint density at radius 2 is 1.79 bits per heavy atom. The Balaban J connectivity index is 1.26. The molecular formula is C21H17ClF3N5O3. The number of anilines is 1. The number of aromatic nitrogens is 1. The van der Waals surface area contributed by atoms with Crippen LogP contribution in [0.1, 0.15) is 11.1 Å². The maximum atomic E-state index is 12.8. The van der Waals surface area contributed by atoms with Crippen LogP contribution in [0.4, 0.5) is 19.0 Å². The first-order valence-electron chi connectivity index (χ1n) is 10.0. The summed E-state index contributed by atoms with van der Waals surface area (Å²) in [6, 6.07) is 6.23. The number of hydrogen-bond donors (Lipinski definition) is 1. The molecule has 1 saturated heterocycles. The quantitative estimate of drug-likeness (QED) is 0.667. The molecule has 0 bridgehead atoms. The fourth-order valence-electron chi connectivity index (χ4n) is 3.72. The first kappa shape index (κ1) is 21.4. The van der Waals surface area contributed by atoms with Crippen LogP contribution in [0, 0.1) is 0 Å². The van der Waals surface area contributed by atoms with Crippen molar-refractivity contribution in [3.05, 3.63) is 52.3 Å². The van der Waals surface area contributed by atoms with E-state index in [0.29, 0.717) is 49.5 Å². The third-order valence-corrected chi connectivity index (χ3v) is 5.69. The van der Waals surface area contributed by atoms with Crippen LogP contribution >= 0.6 is 11.6 Å². The average Bonchev–Trinajstić information content (AvgIpc) is 3.39. The van der Waals surface area contributed by atoms with Gasteiger partial charge in [-0.1, -0.05) is 17.7 Å². The van der Waals surface area contributed by atoms with Crippen molar-refractivity contribution in [1.82, 2.24) is 15.2 Å². The number of guanidine groups is 1. The van der Waals surface area contributed by atoms with Crippen molar-refractivity contribution in [3.63, 3.8) is 0 Å². The van der Waals surface area contributed by atoms with Gasteiger partial charge in [-0.3, -0.25) is 10.1 Å². The van der Waals surface area contributed by atoms with E-state index in [4.69, 9.17) is 21.1 Å². The summed E-state index contributed by atoms with van der Waals surface area (Å²) in [6.07, 6.45) is -2.06. The zero-order valence-corrected chi connectivity index (χ0v) is 17.8. The van der Waals surface area contributed by atoms with E-state index >= 15 is 0 Å². The second kappa shape index (κ2) is 8.14. The lowest BCUT2D eigenvalue weighted by molar-refractivity contribution is -0.137. The summed E-state index contributed by atoms with van der Waals surface area (Å²) < 4.78 is 49.2. The highest BCUT2D eigenvalue weighted by atomic mass is 35.5. The minimum absolute atomic E-state index is 0.0567. The molecule has 1 aromatic carbocycles. The second-order valence-electron chi connectivity index (χ2n) is 7.53. The third kappa shape index (κ3) is 4.28. The van der Waals surface area contributed by atoms with Gasteiger partial charge in [-0.15, -0.1) is 0 Å². The molecule has 1 aromatic heterocycles. The van der Waals surface area contributed by atoms with Crippen LogP contribution < -0.4 is 19.7 Å². The number of benzene rings is 1. The summed E-state index contributed by atoms with van der Waals surface area (Å²) in [5.41, 5.74) is 0.126. The Morgan fingerprint density at radius 1 is 1.06 bits per heavy atom. The summed E-state index contributed by atoms with van der Waals surface area (Å²) in [4.78, 5) is 24.4. The standard InChI is InChI=1S/C21H17ClF3N5O3/c22-14-9-13(21(23,24)25)10-26-18(14)29-3-5-30(6-4-29)20-27-15(19(31)28-20)7-12-1-2-16-17(8-12)33-11-32-16/h1-2,7-10H,3-6,11H2,(H,27,28,31)/b15-7+. The van der Waals surface area contributed by atoms with Gasteiger partial charge in [0.25, 0.3) is 5.91 Å². The maximum absolute atomic E-state index is 12.8. The lowest BCUT2D eigenvalue weighted by Gasteiger charge is -2.36. The number of rotatable bonds is 2. The molecule has 8 nitrogen and oxygen atoms in total. The molecular weight excluding hydrogens is 463 g/mol. The molecule has 0 spiro atoms. The van der Waals surface area contributed by atoms with Gasteiger partial charge in [-0.25, -0.2) is 9.98 Å². The van der Waals surface area contributed by atoms with Crippen molar-refractivity contribution in [2.45, 2.75) is 6.18 Å². The van der Waals surface area contributed by atoms with Gasteiger partial charge in [-0.05, 0) is 29.8 Å². The fraction of sp³-hybridized carbons (Fsp3) is 0.286. The van der Waals surface area contributed by atoms with Crippen LogP contribution in [0.25, 0.3) is 6.08 Å². The highest BCUT2D eigenvalue weighted by Crippen LogP contribution is 2.34. The lowest BCUT2D eigenvalue weighted by Crippen LogP contribution is -2.52. The molecule has 1 fully saturated rings. The van der Waals surface area contributed by atoms with Crippen molar-refractivity contribution >= 4 is 35.4 Å². The molecule has 0 saturated carbocycles. The van der Waals surface area contributed by atoms with Gasteiger partial charge in [0, 0.05) is 32.4 Å². The number of nitrogens with zero attached hydrogens (tertiary/aromatic N) is 4. The lowest BCUT2D eigenvalue weighted by atomic mass is 10.1. The van der Waals surface area contributed by atoms with Gasteiger partial charge >= 0.3 is 6.18 Å². The molecule has 1 N–H and O–H groups in total. The monoisotopic (exact) mass is 479 g/mol. The van der Waals surface area contributed by atoms with Crippen molar-refractivity contribution in [1.29, 1.82) is 0 Å². The van der Waals surface area contributed by atoms with Gasteiger partial charge in [0.15, 0.2) is 11.5 Å². The van der Waals surface area contributed by atoms with Crippen molar-refractivity contribution in [2.24, 2.45) is 4.99 Å². The van der Waals surface area contributed by atoms with E-state index in [0.717, 1.165) is 17.8 Å². The molecule has 3 aliphatic rings. The van der Waals surface area contributed by atoms with Crippen LogP contribution in [0.2, 0.25) is 5.02 Å². The molecule has 33 heavy (non-hydrogen) atoms. The number of amides is 1. The molecule has 0 atom stereocenters. The number of nitrogens with one attached hydrogen (secondary N) is 1.